The summed E-state index contributed by atoms with van der Waals surface area (Å²) >= 11 is 0. The van der Waals surface area contributed by atoms with Gasteiger partial charge >= 0.3 is 0 Å². The molecular weight excluding hydrogens is 544 g/mol. The van der Waals surface area contributed by atoms with Gasteiger partial charge in [0.2, 0.25) is 0 Å². The van der Waals surface area contributed by atoms with Crippen molar-refractivity contribution < 1.29 is 14.9 Å². The smallest absolute Gasteiger partial charge is 0.142 e. The van der Waals surface area contributed by atoms with E-state index in [1.807, 2.05) is 0 Å². The van der Waals surface area contributed by atoms with Gasteiger partial charge in [-0.05, 0) is 67.8 Å². The number of hydrogen-bond donors (Lipinski definition) is 6. The predicted molar refractivity (Wildman–Crippen MR) is 170 cm³/mol. The van der Waals surface area contributed by atoms with E-state index in [2.05, 4.69) is 95.4 Å². The fourth-order valence-electron chi connectivity index (χ4n) is 8.03. The Labute approximate surface area is 258 Å². The summed E-state index contributed by atoms with van der Waals surface area (Å²) in [6, 6.07) is 7.39. The zero-order valence-electron chi connectivity index (χ0n) is 27.0. The highest BCUT2D eigenvalue weighted by Crippen LogP contribution is 2.41. The summed E-state index contributed by atoms with van der Waals surface area (Å²) in [4.78, 5) is 9.30. The standard InChI is InChI=1S/C32H56N8O3/c1-7-38(16-24-27(41)28(42)31(43-24)40-18-34-26-29(33)35-17-39(8-2)30(26)40)21-13-19(14-21)9-12-25-36-22-15-20(32(3,4)5)10-11-23(22)37(25)6/h10-11,15,19,21,24-31,34-36,41-42H,7-9,12-14,16-18,33H2,1-6H3/t19-,21-,24-,25?,26?,27-,28-,29?,30?,31-/m1/s1. The number of aliphatic hydroxyl groups is 2. The molecule has 1 aliphatic carbocycles. The minimum absolute atomic E-state index is 0.0169. The van der Waals surface area contributed by atoms with Gasteiger partial charge in [-0.25, -0.2) is 4.90 Å². The summed E-state index contributed by atoms with van der Waals surface area (Å²) in [7, 11) is 2.20. The van der Waals surface area contributed by atoms with Crippen molar-refractivity contribution in [2.24, 2.45) is 11.7 Å². The number of nitrogens with zero attached hydrogens (tertiary/aromatic N) is 4. The lowest BCUT2D eigenvalue weighted by atomic mass is 9.76. The summed E-state index contributed by atoms with van der Waals surface area (Å²) in [5, 5.41) is 32.8. The third-order valence-electron chi connectivity index (χ3n) is 11.0. The molecule has 4 aliphatic heterocycles. The SMILES string of the molecule is CCN1CNC(N)C2NCN([C@@H]3O[C@H](CN(CC)[C@H]4C[C@H](CCC5Nc6cc(C(C)(C)C)ccc6N5C)C4)[C@@H](O)[C@H]3O)C21. The van der Waals surface area contributed by atoms with Crippen molar-refractivity contribution in [1.29, 1.82) is 0 Å². The first-order valence-electron chi connectivity index (χ1n) is 16.6. The van der Waals surface area contributed by atoms with Crippen molar-refractivity contribution in [3.8, 4) is 0 Å². The quantitative estimate of drug-likeness (QED) is 0.245. The van der Waals surface area contributed by atoms with E-state index in [0.29, 0.717) is 38.0 Å². The van der Waals surface area contributed by atoms with Crippen molar-refractivity contribution in [2.45, 2.75) is 121 Å². The van der Waals surface area contributed by atoms with Gasteiger partial charge in [0, 0.05) is 19.6 Å². The van der Waals surface area contributed by atoms with Crippen LogP contribution in [-0.2, 0) is 10.2 Å². The average Bonchev–Trinajstić information content (AvgIpc) is 3.61. The molecule has 0 spiro atoms. The highest BCUT2D eigenvalue weighted by Gasteiger charge is 2.53. The van der Waals surface area contributed by atoms with Gasteiger partial charge in [0.1, 0.15) is 24.5 Å². The molecule has 6 rings (SSSR count). The van der Waals surface area contributed by atoms with E-state index < -0.39 is 24.5 Å². The lowest BCUT2D eigenvalue weighted by Crippen LogP contribution is -2.69. The largest absolute Gasteiger partial charge is 0.387 e. The summed E-state index contributed by atoms with van der Waals surface area (Å²) in [5.74, 6) is 0.715. The number of likely N-dealkylation sites (N-methyl/N-ethyl adjacent to an activating group) is 2. The Bertz CT molecular complexity index is 1110. The second-order valence-electron chi connectivity index (χ2n) is 14.6. The van der Waals surface area contributed by atoms with Crippen molar-refractivity contribution in [1.82, 2.24) is 25.3 Å². The van der Waals surface area contributed by atoms with E-state index in [0.717, 1.165) is 19.5 Å². The second kappa shape index (κ2) is 12.3. The molecule has 0 bridgehead atoms. The Morgan fingerprint density at radius 3 is 2.53 bits per heavy atom. The zero-order chi connectivity index (χ0) is 30.6. The van der Waals surface area contributed by atoms with Crippen LogP contribution in [0.1, 0.15) is 65.9 Å². The third-order valence-corrected chi connectivity index (χ3v) is 11.0. The number of nitrogens with one attached hydrogen (secondary N) is 3. The van der Waals surface area contributed by atoms with E-state index in [1.54, 1.807) is 0 Å². The van der Waals surface area contributed by atoms with Crippen LogP contribution in [0.3, 0.4) is 0 Å². The fraction of sp³-hybridized carbons (Fsp3) is 0.812. The molecule has 4 fully saturated rings. The number of fused-ring (bicyclic) bond motifs is 2. The van der Waals surface area contributed by atoms with Gasteiger partial charge in [-0.3, -0.25) is 20.4 Å². The molecule has 1 saturated carbocycles. The molecule has 1 aromatic rings. The Morgan fingerprint density at radius 1 is 1.07 bits per heavy atom. The molecule has 0 radical (unpaired) electrons. The summed E-state index contributed by atoms with van der Waals surface area (Å²) in [6.45, 7) is 14.8. The van der Waals surface area contributed by atoms with Crippen LogP contribution in [0.15, 0.2) is 18.2 Å². The fourth-order valence-corrected chi connectivity index (χ4v) is 8.03. The molecule has 0 amide bonds. The Balaban J connectivity index is 0.992. The summed E-state index contributed by atoms with van der Waals surface area (Å²) in [6.07, 6.45) is 2.02. The normalized spacial score (nSPS) is 38.3. The van der Waals surface area contributed by atoms with Crippen molar-refractivity contribution in [3.63, 3.8) is 0 Å². The van der Waals surface area contributed by atoms with Gasteiger partial charge in [-0.2, -0.15) is 0 Å². The monoisotopic (exact) mass is 600 g/mol. The van der Waals surface area contributed by atoms with Crippen molar-refractivity contribution >= 4 is 11.4 Å². The maximum absolute atomic E-state index is 11.1. The highest BCUT2D eigenvalue weighted by molar-refractivity contribution is 5.76. The van der Waals surface area contributed by atoms with E-state index >= 15 is 0 Å². The van der Waals surface area contributed by atoms with Gasteiger partial charge in [-0.15, -0.1) is 0 Å². The lowest BCUT2D eigenvalue weighted by molar-refractivity contribution is -0.132. The van der Waals surface area contributed by atoms with Crippen LogP contribution in [-0.4, -0.2) is 120 Å². The van der Waals surface area contributed by atoms with E-state index in [4.69, 9.17) is 10.5 Å². The van der Waals surface area contributed by atoms with Gasteiger partial charge in [-0.1, -0.05) is 40.7 Å². The Hall–Kier alpha value is -1.54. The lowest BCUT2D eigenvalue weighted by Gasteiger charge is -2.45. The maximum Gasteiger partial charge on any atom is 0.142 e. The van der Waals surface area contributed by atoms with Crippen LogP contribution in [0.5, 0.6) is 0 Å². The minimum atomic E-state index is -0.956. The number of ether oxygens (including phenoxy) is 1. The van der Waals surface area contributed by atoms with Gasteiger partial charge < -0.3 is 30.9 Å². The first-order chi connectivity index (χ1) is 20.5. The molecule has 0 aromatic heterocycles. The Morgan fingerprint density at radius 2 is 1.84 bits per heavy atom. The van der Waals surface area contributed by atoms with Crippen molar-refractivity contribution in [2.75, 3.05) is 50.2 Å². The molecule has 11 nitrogen and oxygen atoms in total. The van der Waals surface area contributed by atoms with E-state index in [-0.39, 0.29) is 23.8 Å². The van der Waals surface area contributed by atoms with Gasteiger partial charge in [0.15, 0.2) is 0 Å². The van der Waals surface area contributed by atoms with E-state index in [9.17, 15) is 10.2 Å². The Kier molecular flexibility index (Phi) is 9.02. The number of aliphatic hydroxyl groups excluding tert-OH is 2. The molecule has 5 aliphatic rings. The van der Waals surface area contributed by atoms with Crippen LogP contribution in [0, 0.1) is 5.92 Å². The van der Waals surface area contributed by atoms with Crippen LogP contribution >= 0.6 is 0 Å². The van der Waals surface area contributed by atoms with Gasteiger partial charge in [0.05, 0.1) is 49.3 Å². The molecule has 3 saturated heterocycles. The minimum Gasteiger partial charge on any atom is -0.387 e. The van der Waals surface area contributed by atoms with Crippen LogP contribution in [0.25, 0.3) is 0 Å². The highest BCUT2D eigenvalue weighted by atomic mass is 16.6. The summed E-state index contributed by atoms with van der Waals surface area (Å²) in [5.41, 5.74) is 10.4. The molecule has 242 valence electrons. The first kappa shape index (κ1) is 31.4. The molecule has 11 heteroatoms. The molecule has 7 N–H and O–H groups in total. The number of nitrogens with two attached hydrogens (primary N) is 1. The first-order valence-corrected chi connectivity index (χ1v) is 16.6. The second-order valence-corrected chi connectivity index (χ2v) is 14.6. The predicted octanol–water partition coefficient (Wildman–Crippen LogP) is 1.22. The number of rotatable bonds is 9. The molecule has 4 heterocycles. The topological polar surface area (TPSA) is 125 Å². The average molecular weight is 601 g/mol. The molecule has 43 heavy (non-hydrogen) atoms. The molecule has 4 unspecified atom stereocenters. The van der Waals surface area contributed by atoms with Crippen LogP contribution in [0.2, 0.25) is 0 Å². The van der Waals surface area contributed by atoms with Crippen molar-refractivity contribution in [3.05, 3.63) is 23.8 Å². The van der Waals surface area contributed by atoms with Crippen LogP contribution in [0.4, 0.5) is 11.4 Å². The molecule has 8 atom stereocenters. The number of anilines is 2. The number of hydrogen-bond acceptors (Lipinski definition) is 11. The summed E-state index contributed by atoms with van der Waals surface area (Å²) < 4.78 is 6.45. The van der Waals surface area contributed by atoms with E-state index in [1.165, 1.54) is 36.2 Å². The molecular formula is C32H56N8O3. The zero-order valence-corrected chi connectivity index (χ0v) is 27.0. The van der Waals surface area contributed by atoms with Crippen LogP contribution < -0.4 is 26.6 Å². The van der Waals surface area contributed by atoms with Gasteiger partial charge in [0.25, 0.3) is 0 Å². The number of benzene rings is 1. The molecule has 1 aromatic carbocycles. The maximum atomic E-state index is 11.1. The third kappa shape index (κ3) is 5.93.